The van der Waals surface area contributed by atoms with Crippen LogP contribution in [-0.2, 0) is 20.7 Å². The molecule has 1 atom stereocenters. The van der Waals surface area contributed by atoms with Gasteiger partial charge in [-0.2, -0.15) is 0 Å². The fourth-order valence-electron chi connectivity index (χ4n) is 4.66. The molecule has 0 unspecified atom stereocenters. The van der Waals surface area contributed by atoms with Gasteiger partial charge in [0, 0.05) is 36.1 Å². The number of aliphatic imine (C=N–C) groups is 1. The van der Waals surface area contributed by atoms with Crippen molar-refractivity contribution < 1.29 is 14.3 Å². The highest BCUT2D eigenvalue weighted by molar-refractivity contribution is 8.16. The van der Waals surface area contributed by atoms with Crippen molar-refractivity contribution in [2.45, 2.75) is 32.7 Å². The minimum absolute atomic E-state index is 0.0998. The van der Waals surface area contributed by atoms with Gasteiger partial charge >= 0.3 is 5.97 Å². The van der Waals surface area contributed by atoms with E-state index in [9.17, 15) is 9.59 Å². The molecule has 3 aromatic rings. The molecular weight excluding hydrogens is 508 g/mol. The van der Waals surface area contributed by atoms with Crippen molar-refractivity contribution in [3.63, 3.8) is 0 Å². The minimum Gasteiger partial charge on any atom is -0.463 e. The first-order valence-corrected chi connectivity index (χ1v) is 13.9. The van der Waals surface area contributed by atoms with E-state index >= 15 is 0 Å². The number of carbonyl (C=O) groups excluding carboxylic acids is 2. The second-order valence-electron chi connectivity index (χ2n) is 9.25. The van der Waals surface area contributed by atoms with Gasteiger partial charge < -0.3 is 15.0 Å². The predicted molar refractivity (Wildman–Crippen MR) is 154 cm³/mol. The van der Waals surface area contributed by atoms with Crippen LogP contribution in [0.5, 0.6) is 0 Å². The van der Waals surface area contributed by atoms with Crippen LogP contribution in [0.15, 0.2) is 101 Å². The van der Waals surface area contributed by atoms with Crippen molar-refractivity contribution in [1.82, 2.24) is 15.2 Å². The first kappa shape index (κ1) is 26.4. The standard InChI is InChI=1S/C31H30N4O3S/c1-3-38-30(37)27-28(22-9-5-4-6-10-22)34-31-35(29(27)23-14-12-21(2)13-15-23)25(20-39-31)19-26(36)33-18-16-24-11-7-8-17-32-24/h4-15,17,20,29H,3,16,18-19H2,1-2H3,(H,33,36)/t29-/m1/s1. The van der Waals surface area contributed by atoms with Gasteiger partial charge in [0.2, 0.25) is 5.91 Å². The number of nitrogens with zero attached hydrogens (tertiary/aromatic N) is 3. The largest absolute Gasteiger partial charge is 0.463 e. The lowest BCUT2D eigenvalue weighted by atomic mass is 9.91. The second kappa shape index (κ2) is 12.1. The van der Waals surface area contributed by atoms with Gasteiger partial charge in [-0.1, -0.05) is 78.0 Å². The number of benzene rings is 2. The normalized spacial score (nSPS) is 16.4. The number of hydrogen-bond acceptors (Lipinski definition) is 7. The lowest BCUT2D eigenvalue weighted by molar-refractivity contribution is -0.139. The zero-order valence-electron chi connectivity index (χ0n) is 22.0. The molecule has 5 rings (SSSR count). The molecule has 0 saturated carbocycles. The number of fused-ring (bicyclic) bond motifs is 1. The summed E-state index contributed by atoms with van der Waals surface area (Å²) in [6, 6.07) is 23.1. The van der Waals surface area contributed by atoms with E-state index in [0.717, 1.165) is 33.2 Å². The van der Waals surface area contributed by atoms with Gasteiger partial charge in [-0.3, -0.25) is 9.78 Å². The Morgan fingerprint density at radius 1 is 1.03 bits per heavy atom. The van der Waals surface area contributed by atoms with Crippen LogP contribution in [0.2, 0.25) is 0 Å². The van der Waals surface area contributed by atoms with Gasteiger partial charge in [0.25, 0.3) is 0 Å². The third-order valence-corrected chi connectivity index (χ3v) is 7.41. The zero-order valence-corrected chi connectivity index (χ0v) is 22.8. The molecular formula is C31H30N4O3S. The lowest BCUT2D eigenvalue weighted by Crippen LogP contribution is -2.38. The molecule has 198 valence electrons. The Hall–Kier alpha value is -4.17. The highest BCUT2D eigenvalue weighted by Gasteiger charge is 2.42. The molecule has 0 spiro atoms. The van der Waals surface area contributed by atoms with Gasteiger partial charge in [-0.15, -0.1) is 0 Å². The summed E-state index contributed by atoms with van der Waals surface area (Å²) in [7, 11) is 0. The van der Waals surface area contributed by atoms with Gasteiger partial charge in [-0.05, 0) is 37.0 Å². The highest BCUT2D eigenvalue weighted by atomic mass is 32.2. The summed E-state index contributed by atoms with van der Waals surface area (Å²) < 4.78 is 5.56. The van der Waals surface area contributed by atoms with E-state index in [2.05, 4.69) is 10.3 Å². The summed E-state index contributed by atoms with van der Waals surface area (Å²) in [5.41, 5.74) is 5.64. The van der Waals surface area contributed by atoms with Crippen LogP contribution >= 0.6 is 11.8 Å². The fraction of sp³-hybridized carbons (Fsp3) is 0.226. The van der Waals surface area contributed by atoms with E-state index in [1.165, 1.54) is 11.8 Å². The Morgan fingerprint density at radius 3 is 2.51 bits per heavy atom. The molecule has 1 aromatic heterocycles. The van der Waals surface area contributed by atoms with Gasteiger partial charge in [0.05, 0.1) is 30.3 Å². The van der Waals surface area contributed by atoms with E-state index < -0.39 is 12.0 Å². The molecule has 8 heteroatoms. The molecule has 0 fully saturated rings. The summed E-state index contributed by atoms with van der Waals surface area (Å²) in [4.78, 5) is 37.8. The Labute approximate surface area is 232 Å². The molecule has 0 radical (unpaired) electrons. The second-order valence-corrected chi connectivity index (χ2v) is 10.1. The number of aromatic nitrogens is 1. The van der Waals surface area contributed by atoms with Crippen LogP contribution in [0.3, 0.4) is 0 Å². The van der Waals surface area contributed by atoms with Crippen molar-refractivity contribution in [2.75, 3.05) is 13.2 Å². The van der Waals surface area contributed by atoms with Crippen LogP contribution in [-0.4, -0.2) is 40.1 Å². The molecule has 2 aromatic carbocycles. The number of rotatable bonds is 9. The van der Waals surface area contributed by atoms with Crippen molar-refractivity contribution in [3.05, 3.63) is 118 Å². The predicted octanol–water partition coefficient (Wildman–Crippen LogP) is 5.41. The molecule has 2 aliphatic heterocycles. The third kappa shape index (κ3) is 5.96. The summed E-state index contributed by atoms with van der Waals surface area (Å²) >= 11 is 1.46. The Balaban J connectivity index is 1.47. The number of carbonyl (C=O) groups is 2. The molecule has 0 aliphatic carbocycles. The smallest absolute Gasteiger partial charge is 0.338 e. The summed E-state index contributed by atoms with van der Waals surface area (Å²) in [6.07, 6.45) is 2.56. The molecule has 0 saturated heterocycles. The molecule has 1 N–H and O–H groups in total. The van der Waals surface area contributed by atoms with E-state index in [-0.39, 0.29) is 18.9 Å². The maximum absolute atomic E-state index is 13.5. The number of thioether (sulfide) groups is 1. The van der Waals surface area contributed by atoms with Crippen molar-refractivity contribution >= 4 is 34.5 Å². The minimum atomic E-state index is -0.491. The summed E-state index contributed by atoms with van der Waals surface area (Å²) in [5.74, 6) is -0.516. The van der Waals surface area contributed by atoms with Crippen LogP contribution in [0.25, 0.3) is 5.70 Å². The number of nitrogens with one attached hydrogen (secondary N) is 1. The number of hydrogen-bond donors (Lipinski definition) is 1. The quantitative estimate of drug-likeness (QED) is 0.367. The topological polar surface area (TPSA) is 83.9 Å². The molecule has 39 heavy (non-hydrogen) atoms. The van der Waals surface area contributed by atoms with Crippen LogP contribution in [0.1, 0.15) is 41.8 Å². The average molecular weight is 539 g/mol. The number of amidine groups is 1. The van der Waals surface area contributed by atoms with E-state index in [0.29, 0.717) is 24.2 Å². The van der Waals surface area contributed by atoms with Crippen molar-refractivity contribution in [3.8, 4) is 0 Å². The average Bonchev–Trinajstić information content (AvgIpc) is 3.36. The lowest BCUT2D eigenvalue weighted by Gasteiger charge is -2.36. The first-order chi connectivity index (χ1) is 19.0. The zero-order chi connectivity index (χ0) is 27.2. The third-order valence-electron chi connectivity index (χ3n) is 6.52. The fourth-order valence-corrected chi connectivity index (χ4v) is 5.57. The SMILES string of the molecule is CCOC(=O)C1=C(c2ccccc2)N=C2SC=C(CC(=O)NCCc3ccccn3)N2[C@@H]1c1ccc(C)cc1. The van der Waals surface area contributed by atoms with Gasteiger partial charge in [-0.25, -0.2) is 9.79 Å². The summed E-state index contributed by atoms with van der Waals surface area (Å²) in [5, 5.41) is 5.68. The number of aryl methyl sites for hydroxylation is 1. The monoisotopic (exact) mass is 538 g/mol. The molecule has 1 amide bonds. The van der Waals surface area contributed by atoms with Crippen molar-refractivity contribution in [2.24, 2.45) is 4.99 Å². The van der Waals surface area contributed by atoms with E-state index in [1.54, 1.807) is 13.1 Å². The maximum atomic E-state index is 13.5. The number of esters is 1. The maximum Gasteiger partial charge on any atom is 0.338 e. The molecule has 0 bridgehead atoms. The van der Waals surface area contributed by atoms with E-state index in [1.807, 2.05) is 90.0 Å². The molecule has 2 aliphatic rings. The first-order valence-electron chi connectivity index (χ1n) is 13.0. The summed E-state index contributed by atoms with van der Waals surface area (Å²) in [6.45, 7) is 4.56. The number of amides is 1. The Morgan fingerprint density at radius 2 is 1.79 bits per heavy atom. The number of ether oxygens (including phenoxy) is 1. The van der Waals surface area contributed by atoms with Gasteiger partial charge in [0.1, 0.15) is 0 Å². The van der Waals surface area contributed by atoms with Crippen LogP contribution in [0.4, 0.5) is 0 Å². The highest BCUT2D eigenvalue weighted by Crippen LogP contribution is 2.47. The Kier molecular flexibility index (Phi) is 8.22. The van der Waals surface area contributed by atoms with Crippen LogP contribution < -0.4 is 5.32 Å². The number of pyridine rings is 1. The van der Waals surface area contributed by atoms with Crippen LogP contribution in [0, 0.1) is 6.92 Å². The van der Waals surface area contributed by atoms with Crippen molar-refractivity contribution in [1.29, 1.82) is 0 Å². The molecule has 7 nitrogen and oxygen atoms in total. The van der Waals surface area contributed by atoms with E-state index in [4.69, 9.17) is 9.73 Å². The van der Waals surface area contributed by atoms with Gasteiger partial charge in [0.15, 0.2) is 5.17 Å². The Bertz CT molecular complexity index is 1430. The molecule has 3 heterocycles.